The number of amides is 1. The normalized spacial score (nSPS) is 18.9. The highest BCUT2D eigenvalue weighted by Crippen LogP contribution is 2.27. The third-order valence-corrected chi connectivity index (χ3v) is 4.67. The molecule has 1 unspecified atom stereocenters. The lowest BCUT2D eigenvalue weighted by Crippen LogP contribution is -2.54. The molecule has 0 aromatic carbocycles. The molecule has 1 fully saturated rings. The van der Waals surface area contributed by atoms with Crippen LogP contribution in [0.1, 0.15) is 26.2 Å². The maximum absolute atomic E-state index is 11.5. The Balaban J connectivity index is 1.82. The van der Waals surface area contributed by atoms with E-state index in [1.807, 2.05) is 6.92 Å². The molecule has 7 heteroatoms. The molecule has 1 aliphatic rings. The van der Waals surface area contributed by atoms with Gasteiger partial charge in [-0.2, -0.15) is 0 Å². The van der Waals surface area contributed by atoms with E-state index in [4.69, 9.17) is 5.73 Å². The summed E-state index contributed by atoms with van der Waals surface area (Å²) in [7, 11) is 0. The Kier molecular flexibility index (Phi) is 4.01. The number of hydrogen-bond acceptors (Lipinski definition) is 6. The summed E-state index contributed by atoms with van der Waals surface area (Å²) in [6.45, 7) is 1.88. The minimum absolute atomic E-state index is 0.276. The van der Waals surface area contributed by atoms with Crippen LogP contribution in [0.25, 0.3) is 0 Å². The summed E-state index contributed by atoms with van der Waals surface area (Å²) >= 11 is 3.13. The lowest BCUT2D eigenvalue weighted by atomic mass is 9.98. The van der Waals surface area contributed by atoms with Crippen LogP contribution in [0.3, 0.4) is 0 Å². The van der Waals surface area contributed by atoms with Crippen molar-refractivity contribution in [2.24, 2.45) is 5.73 Å². The van der Waals surface area contributed by atoms with Gasteiger partial charge >= 0.3 is 0 Å². The molecule has 1 aliphatic carbocycles. The molecular weight excluding hydrogens is 256 g/mol. The summed E-state index contributed by atoms with van der Waals surface area (Å²) in [5.74, 6) is 0.538. The molecule has 3 N–H and O–H groups in total. The molecule has 17 heavy (non-hydrogen) atoms. The van der Waals surface area contributed by atoms with Crippen LogP contribution >= 0.6 is 23.1 Å². The van der Waals surface area contributed by atoms with Crippen LogP contribution in [-0.4, -0.2) is 33.4 Å². The van der Waals surface area contributed by atoms with Gasteiger partial charge in [-0.25, -0.2) is 0 Å². The molecule has 1 amide bonds. The summed E-state index contributed by atoms with van der Waals surface area (Å²) in [5, 5.41) is 11.0. The van der Waals surface area contributed by atoms with Gasteiger partial charge < -0.3 is 11.1 Å². The lowest BCUT2D eigenvalue weighted by Gasteiger charge is -2.27. The zero-order chi connectivity index (χ0) is 12.3. The minimum Gasteiger partial charge on any atom is -0.368 e. The molecule has 0 bridgehead atoms. The van der Waals surface area contributed by atoms with Crippen molar-refractivity contribution in [3.63, 3.8) is 0 Å². The summed E-state index contributed by atoms with van der Waals surface area (Å²) < 4.78 is 0.934. The summed E-state index contributed by atoms with van der Waals surface area (Å²) in [5.41, 5.74) is 6.58. The Morgan fingerprint density at radius 2 is 2.53 bits per heavy atom. The lowest BCUT2D eigenvalue weighted by molar-refractivity contribution is -0.124. The number of nitrogens with two attached hydrogens (primary N) is 1. The fraction of sp³-hybridized carbons (Fsp3) is 0.700. The fourth-order valence-electron chi connectivity index (χ4n) is 1.51. The molecule has 1 heterocycles. The van der Waals surface area contributed by atoms with Crippen LogP contribution in [0, 0.1) is 0 Å². The first-order valence-electron chi connectivity index (χ1n) is 5.57. The van der Waals surface area contributed by atoms with E-state index >= 15 is 0 Å². The van der Waals surface area contributed by atoms with Gasteiger partial charge in [0.25, 0.3) is 0 Å². The van der Waals surface area contributed by atoms with Crippen LogP contribution in [0.5, 0.6) is 0 Å². The van der Waals surface area contributed by atoms with E-state index in [1.54, 1.807) is 17.3 Å². The first-order chi connectivity index (χ1) is 8.10. The van der Waals surface area contributed by atoms with Crippen LogP contribution in [0.2, 0.25) is 0 Å². The highest BCUT2D eigenvalue weighted by Gasteiger charge is 2.36. The van der Waals surface area contributed by atoms with E-state index in [0.717, 1.165) is 22.9 Å². The number of aromatic nitrogens is 2. The second-order valence-corrected chi connectivity index (χ2v) is 6.59. The van der Waals surface area contributed by atoms with Gasteiger partial charge in [-0.05, 0) is 26.2 Å². The monoisotopic (exact) mass is 272 g/mol. The molecular formula is C10H16N4OS2. The highest BCUT2D eigenvalue weighted by atomic mass is 32.2. The number of carbonyl (C=O) groups excluding carboxylic acids is 1. The van der Waals surface area contributed by atoms with Crippen LogP contribution in [0.15, 0.2) is 9.85 Å². The van der Waals surface area contributed by atoms with Crippen molar-refractivity contribution in [2.45, 2.75) is 42.1 Å². The summed E-state index contributed by atoms with van der Waals surface area (Å²) in [6, 6.07) is 0.471. The first kappa shape index (κ1) is 12.8. The molecule has 0 radical (unpaired) electrons. The number of nitrogens with one attached hydrogen (secondary N) is 1. The van der Waals surface area contributed by atoms with Crippen LogP contribution < -0.4 is 11.1 Å². The van der Waals surface area contributed by atoms with Crippen LogP contribution in [-0.2, 0) is 4.79 Å². The topological polar surface area (TPSA) is 80.9 Å². The second-order valence-electron chi connectivity index (χ2n) is 4.42. The van der Waals surface area contributed by atoms with Gasteiger partial charge in [0.05, 0.1) is 5.54 Å². The Morgan fingerprint density at radius 1 is 1.76 bits per heavy atom. The molecule has 1 atom stereocenters. The van der Waals surface area contributed by atoms with Gasteiger partial charge in [0.2, 0.25) is 5.91 Å². The van der Waals surface area contributed by atoms with Gasteiger partial charge in [0.1, 0.15) is 5.51 Å². The average Bonchev–Trinajstić information content (AvgIpc) is 2.93. The van der Waals surface area contributed by atoms with Gasteiger partial charge in [-0.15, -0.1) is 10.2 Å². The minimum atomic E-state index is -0.598. The number of nitrogens with zero attached hydrogens (tertiary/aromatic N) is 2. The zero-order valence-electron chi connectivity index (χ0n) is 9.68. The molecule has 5 nitrogen and oxygen atoms in total. The second kappa shape index (κ2) is 5.32. The highest BCUT2D eigenvalue weighted by molar-refractivity contribution is 8.00. The molecule has 1 aromatic rings. The van der Waals surface area contributed by atoms with Gasteiger partial charge in [0.15, 0.2) is 4.34 Å². The third kappa shape index (κ3) is 3.65. The number of hydrogen-bond donors (Lipinski definition) is 2. The Hall–Kier alpha value is -0.660. The van der Waals surface area contributed by atoms with E-state index in [2.05, 4.69) is 15.5 Å². The Morgan fingerprint density at radius 3 is 3.06 bits per heavy atom. The van der Waals surface area contributed by atoms with Crippen molar-refractivity contribution in [2.75, 3.05) is 5.75 Å². The Labute approximate surface area is 109 Å². The van der Waals surface area contributed by atoms with Gasteiger partial charge in [-0.1, -0.05) is 23.1 Å². The largest absolute Gasteiger partial charge is 0.368 e. The van der Waals surface area contributed by atoms with Crippen molar-refractivity contribution in [1.82, 2.24) is 15.5 Å². The molecule has 94 valence electrons. The van der Waals surface area contributed by atoms with Crippen molar-refractivity contribution in [3.05, 3.63) is 5.51 Å². The predicted molar refractivity (Wildman–Crippen MR) is 69.0 cm³/mol. The molecule has 2 rings (SSSR count). The quantitative estimate of drug-likeness (QED) is 0.724. The van der Waals surface area contributed by atoms with Gasteiger partial charge in [0, 0.05) is 11.8 Å². The van der Waals surface area contributed by atoms with E-state index < -0.39 is 5.54 Å². The van der Waals surface area contributed by atoms with E-state index in [-0.39, 0.29) is 5.91 Å². The predicted octanol–water partition coefficient (Wildman–Crippen LogP) is 1.02. The molecule has 1 saturated carbocycles. The fourth-order valence-corrected chi connectivity index (χ4v) is 3.23. The SMILES string of the molecule is CC(CCSc1nncs1)(NC1CC1)C(N)=O. The molecule has 0 saturated heterocycles. The van der Waals surface area contributed by atoms with Gasteiger partial charge in [-0.3, -0.25) is 4.79 Å². The third-order valence-electron chi connectivity index (χ3n) is 2.81. The van der Waals surface area contributed by atoms with Crippen molar-refractivity contribution >= 4 is 29.0 Å². The standard InChI is InChI=1S/C10H16N4OS2/c1-10(8(11)15,13-7-2-3-7)4-5-16-9-14-12-6-17-9/h6-7,13H,2-5H2,1H3,(H2,11,15). The summed E-state index contributed by atoms with van der Waals surface area (Å²) in [6.07, 6.45) is 3.00. The first-order valence-corrected chi connectivity index (χ1v) is 7.43. The number of rotatable bonds is 7. The smallest absolute Gasteiger partial charge is 0.237 e. The Bertz CT molecular complexity index is 380. The zero-order valence-corrected chi connectivity index (χ0v) is 11.3. The molecule has 0 aliphatic heterocycles. The number of carbonyl (C=O) groups is 1. The maximum atomic E-state index is 11.5. The van der Waals surface area contributed by atoms with Crippen molar-refractivity contribution in [1.29, 1.82) is 0 Å². The van der Waals surface area contributed by atoms with E-state index in [1.165, 1.54) is 11.3 Å². The van der Waals surface area contributed by atoms with Crippen molar-refractivity contribution < 1.29 is 4.79 Å². The summed E-state index contributed by atoms with van der Waals surface area (Å²) in [4.78, 5) is 11.5. The number of primary amides is 1. The van der Waals surface area contributed by atoms with E-state index in [0.29, 0.717) is 12.5 Å². The maximum Gasteiger partial charge on any atom is 0.237 e. The average molecular weight is 272 g/mol. The van der Waals surface area contributed by atoms with E-state index in [9.17, 15) is 4.79 Å². The van der Waals surface area contributed by atoms with Crippen LogP contribution in [0.4, 0.5) is 0 Å². The number of thioether (sulfide) groups is 1. The van der Waals surface area contributed by atoms with Crippen molar-refractivity contribution in [3.8, 4) is 0 Å². The molecule has 1 aromatic heterocycles. The molecule has 0 spiro atoms.